The normalized spacial score (nSPS) is 21.1. The van der Waals surface area contributed by atoms with Crippen molar-refractivity contribution in [3.8, 4) is 11.9 Å². The molecule has 38 heavy (non-hydrogen) atoms. The zero-order chi connectivity index (χ0) is 28.3. The Morgan fingerprint density at radius 1 is 1.34 bits per heavy atom. The number of anilines is 1. The highest BCUT2D eigenvalue weighted by atomic mass is 31.1. The molecule has 2 aromatic rings. The van der Waals surface area contributed by atoms with Crippen LogP contribution in [0.25, 0.3) is 11.2 Å². The van der Waals surface area contributed by atoms with Gasteiger partial charge in [0.15, 0.2) is 19.5 Å². The number of hydrogen-bond donors (Lipinski definition) is 1. The lowest BCUT2D eigenvalue weighted by Gasteiger charge is -2.39. The van der Waals surface area contributed by atoms with Gasteiger partial charge in [0.2, 0.25) is 17.7 Å². The molecule has 1 saturated heterocycles. The lowest BCUT2D eigenvalue weighted by atomic mass is 10.2. The van der Waals surface area contributed by atoms with E-state index in [0.717, 1.165) is 0 Å². The van der Waals surface area contributed by atoms with Crippen molar-refractivity contribution in [3.05, 3.63) is 6.33 Å². The molecule has 0 saturated carbocycles. The van der Waals surface area contributed by atoms with Crippen LogP contribution in [0.2, 0.25) is 18.1 Å². The molecule has 3 heterocycles. The Balaban J connectivity index is 1.98. The fourth-order valence-corrected chi connectivity index (χ4v) is 5.12. The van der Waals surface area contributed by atoms with Crippen LogP contribution in [0, 0.1) is 23.2 Å². The minimum absolute atomic E-state index is 0.0153. The van der Waals surface area contributed by atoms with E-state index < -0.39 is 29.3 Å². The number of fused-ring (bicyclic) bond motifs is 1. The Morgan fingerprint density at radius 2 is 2.05 bits per heavy atom. The van der Waals surface area contributed by atoms with Crippen LogP contribution in [0.4, 0.5) is 5.95 Å². The topological polar surface area (TPSA) is 150 Å². The number of carbonyl (C=O) groups excluding carboxylic acids is 1. The van der Waals surface area contributed by atoms with Crippen LogP contribution in [0.1, 0.15) is 54.2 Å². The number of rotatable bonds is 11. The Bertz CT molecular complexity index is 1190. The second-order valence-electron chi connectivity index (χ2n) is 11.3. The number of aromatic nitrogens is 4. The summed E-state index contributed by atoms with van der Waals surface area (Å²) in [5.74, 6) is -0.680. The van der Waals surface area contributed by atoms with Crippen LogP contribution in [0.3, 0.4) is 0 Å². The first-order valence-corrected chi connectivity index (χ1v) is 16.3. The zero-order valence-electron chi connectivity index (χ0n) is 23.2. The first-order valence-electron chi connectivity index (χ1n) is 12.6. The lowest BCUT2D eigenvalue weighted by Crippen LogP contribution is -2.46. The summed E-state index contributed by atoms with van der Waals surface area (Å²) < 4.78 is 36.7. The molecule has 4 atom stereocenters. The molecule has 1 aliphatic heterocycles. The van der Waals surface area contributed by atoms with Crippen LogP contribution in [0.15, 0.2) is 6.33 Å². The van der Waals surface area contributed by atoms with E-state index in [1.54, 1.807) is 31.7 Å². The van der Waals surface area contributed by atoms with E-state index in [4.69, 9.17) is 23.7 Å². The van der Waals surface area contributed by atoms with E-state index in [9.17, 15) is 9.36 Å². The van der Waals surface area contributed by atoms with E-state index >= 15 is 0 Å². The summed E-state index contributed by atoms with van der Waals surface area (Å²) >= 11 is 0. The SMILES string of the molecule is CC(C#N)COc1nc(NC(=O)C(C)C)nc2c1ncn2[C@H]1CC(O[Si](C)(C)C(C)(C)C)[C@@H](COP=O)O1. The van der Waals surface area contributed by atoms with Crippen molar-refractivity contribution >= 4 is 40.0 Å². The second kappa shape index (κ2) is 12.1. The standard InChI is InChI=1S/C24H37N6O6PSi/c1-14(2)21(31)28-23-27-20-19(22(29-23)33-11-15(3)10-25)26-13-30(20)18-9-16(17(35-18)12-34-37-32)36-38(7,8)24(4,5)6/h13-18H,9,11-12H2,1-8H3,(H,27,28,29,31)/t15?,16?,17-,18-/m1/s1. The number of nitrogens with zero attached hydrogens (tertiary/aromatic N) is 5. The van der Waals surface area contributed by atoms with Gasteiger partial charge in [0.25, 0.3) is 0 Å². The average molecular weight is 565 g/mol. The van der Waals surface area contributed by atoms with Gasteiger partial charge >= 0.3 is 8.69 Å². The number of imidazole rings is 1. The van der Waals surface area contributed by atoms with Crippen molar-refractivity contribution in [3.63, 3.8) is 0 Å². The van der Waals surface area contributed by atoms with Gasteiger partial charge in [0, 0.05) is 12.3 Å². The molecule has 2 aromatic heterocycles. The van der Waals surface area contributed by atoms with Gasteiger partial charge in [0.05, 0.1) is 31.0 Å². The highest BCUT2D eigenvalue weighted by Gasteiger charge is 2.45. The summed E-state index contributed by atoms with van der Waals surface area (Å²) in [5, 5.41) is 11.9. The van der Waals surface area contributed by atoms with E-state index in [1.807, 2.05) is 0 Å². The molecule has 1 N–H and O–H groups in total. The second-order valence-corrected chi connectivity index (χ2v) is 16.5. The first-order chi connectivity index (χ1) is 17.8. The first kappa shape index (κ1) is 30.1. The van der Waals surface area contributed by atoms with Gasteiger partial charge in [-0.1, -0.05) is 34.6 Å². The third-order valence-corrected chi connectivity index (χ3v) is 11.6. The molecule has 3 rings (SSSR count). The third kappa shape index (κ3) is 6.92. The maximum Gasteiger partial charge on any atom is 0.327 e. The smallest absolute Gasteiger partial charge is 0.327 e. The molecule has 0 spiro atoms. The molecule has 14 heteroatoms. The molecule has 0 radical (unpaired) electrons. The van der Waals surface area contributed by atoms with Crippen molar-refractivity contribution in [1.82, 2.24) is 19.5 Å². The molecule has 12 nitrogen and oxygen atoms in total. The van der Waals surface area contributed by atoms with Crippen molar-refractivity contribution < 1.29 is 27.8 Å². The predicted molar refractivity (Wildman–Crippen MR) is 143 cm³/mol. The van der Waals surface area contributed by atoms with Crippen molar-refractivity contribution in [2.45, 2.75) is 84.5 Å². The van der Waals surface area contributed by atoms with Gasteiger partial charge in [-0.15, -0.1) is 0 Å². The number of amides is 1. The number of nitrogens with one attached hydrogen (secondary N) is 1. The summed E-state index contributed by atoms with van der Waals surface area (Å²) in [5.41, 5.74) is 0.777. The Morgan fingerprint density at radius 3 is 2.66 bits per heavy atom. The van der Waals surface area contributed by atoms with Gasteiger partial charge < -0.3 is 13.9 Å². The van der Waals surface area contributed by atoms with E-state index in [-0.39, 0.29) is 53.9 Å². The molecule has 1 aliphatic rings. The fraction of sp³-hybridized carbons (Fsp3) is 0.708. The van der Waals surface area contributed by atoms with Gasteiger partial charge in [-0.25, -0.2) is 9.55 Å². The number of carbonyl (C=O) groups is 1. The monoisotopic (exact) mass is 564 g/mol. The van der Waals surface area contributed by atoms with Crippen molar-refractivity contribution in [1.29, 1.82) is 5.26 Å². The minimum atomic E-state index is -2.15. The molecule has 208 valence electrons. The summed E-state index contributed by atoms with van der Waals surface area (Å²) in [4.78, 5) is 25.8. The molecule has 2 unspecified atom stereocenters. The Labute approximate surface area is 225 Å². The third-order valence-electron chi connectivity index (χ3n) is 6.87. The van der Waals surface area contributed by atoms with Gasteiger partial charge in [-0.05, 0) is 25.1 Å². The fourth-order valence-electron chi connectivity index (χ4n) is 3.56. The summed E-state index contributed by atoms with van der Waals surface area (Å²) in [6.07, 6.45) is 0.801. The van der Waals surface area contributed by atoms with E-state index in [2.05, 4.69) is 60.2 Å². The van der Waals surface area contributed by atoms with Crippen molar-refractivity contribution in [2.24, 2.45) is 11.8 Å². The van der Waals surface area contributed by atoms with Crippen LogP contribution < -0.4 is 10.1 Å². The number of nitriles is 1. The number of ether oxygens (including phenoxy) is 2. The zero-order valence-corrected chi connectivity index (χ0v) is 25.1. The molecule has 1 amide bonds. The summed E-state index contributed by atoms with van der Waals surface area (Å²) in [6, 6.07) is 2.12. The highest BCUT2D eigenvalue weighted by molar-refractivity contribution is 7.17. The summed E-state index contributed by atoms with van der Waals surface area (Å²) in [6.45, 7) is 16.3. The predicted octanol–water partition coefficient (Wildman–Crippen LogP) is 4.86. The average Bonchev–Trinajstić information content (AvgIpc) is 3.43. The van der Waals surface area contributed by atoms with Gasteiger partial charge in [0.1, 0.15) is 18.9 Å². The largest absolute Gasteiger partial charge is 0.475 e. The van der Waals surface area contributed by atoms with Crippen LogP contribution in [-0.2, 0) is 23.0 Å². The van der Waals surface area contributed by atoms with Gasteiger partial charge in [-0.2, -0.15) is 15.2 Å². The van der Waals surface area contributed by atoms with E-state index in [1.165, 1.54) is 0 Å². The minimum Gasteiger partial charge on any atom is -0.475 e. The van der Waals surface area contributed by atoms with Gasteiger partial charge in [-0.3, -0.25) is 19.2 Å². The molecule has 0 bridgehead atoms. The molecule has 0 aliphatic carbocycles. The molecular formula is C24H37N6O6PSi. The van der Waals surface area contributed by atoms with Crippen LogP contribution in [-0.4, -0.2) is 59.2 Å². The maximum atomic E-state index is 12.4. The Kier molecular flexibility index (Phi) is 9.60. The van der Waals surface area contributed by atoms with Crippen molar-refractivity contribution in [2.75, 3.05) is 18.5 Å². The van der Waals surface area contributed by atoms with E-state index in [0.29, 0.717) is 17.6 Å². The van der Waals surface area contributed by atoms with Crippen LogP contribution >= 0.6 is 8.69 Å². The molecular weight excluding hydrogens is 527 g/mol. The molecule has 0 aromatic carbocycles. The van der Waals surface area contributed by atoms with Crippen LogP contribution in [0.5, 0.6) is 5.88 Å². The highest BCUT2D eigenvalue weighted by Crippen LogP contribution is 2.42. The Hall–Kier alpha value is -2.49. The summed E-state index contributed by atoms with van der Waals surface area (Å²) in [7, 11) is -2.58. The number of hydrogen-bond acceptors (Lipinski definition) is 10. The quantitative estimate of drug-likeness (QED) is 0.296. The lowest BCUT2D eigenvalue weighted by molar-refractivity contribution is -0.118. The maximum absolute atomic E-state index is 12.4. The molecule has 1 fully saturated rings.